The molecule has 3 heterocycles. The standard InChI is InChI=1S/C21H21F2N5O4S/c1-25(21(31)33)18-12-28(20(30)32-18)15-2-3-17(16(23)9-15)26-4-6-27(7-5-26)19(29)13-8-14(22)11-24-10-13/h2-3,8-11,18H,4-7,12H2,1H3,(H,31,33). The van der Waals surface area contributed by atoms with Crippen molar-refractivity contribution in [2.45, 2.75) is 6.23 Å². The van der Waals surface area contributed by atoms with Crippen LogP contribution in [-0.4, -0.2) is 78.0 Å². The lowest BCUT2D eigenvalue weighted by Gasteiger charge is -2.36. The third kappa shape index (κ3) is 4.70. The second-order valence-electron chi connectivity index (χ2n) is 7.65. The van der Waals surface area contributed by atoms with E-state index in [1.54, 1.807) is 21.9 Å². The number of hydrogen-bond acceptors (Lipinski definition) is 6. The van der Waals surface area contributed by atoms with Crippen LogP contribution in [0.1, 0.15) is 10.4 Å². The van der Waals surface area contributed by atoms with E-state index >= 15 is 0 Å². The monoisotopic (exact) mass is 477 g/mol. The van der Waals surface area contributed by atoms with Crippen LogP contribution in [0.25, 0.3) is 0 Å². The van der Waals surface area contributed by atoms with E-state index in [4.69, 9.17) is 4.74 Å². The van der Waals surface area contributed by atoms with Crippen molar-refractivity contribution < 1.29 is 27.9 Å². The lowest BCUT2D eigenvalue weighted by atomic mass is 10.2. The fourth-order valence-electron chi connectivity index (χ4n) is 3.77. The summed E-state index contributed by atoms with van der Waals surface area (Å²) in [5.74, 6) is -1.44. The molecule has 4 rings (SSSR count). The van der Waals surface area contributed by atoms with Crippen molar-refractivity contribution in [1.82, 2.24) is 14.8 Å². The average molecular weight is 477 g/mol. The maximum absolute atomic E-state index is 14.9. The summed E-state index contributed by atoms with van der Waals surface area (Å²) in [6, 6.07) is 5.53. The van der Waals surface area contributed by atoms with Crippen LogP contribution in [0.5, 0.6) is 0 Å². The molecule has 33 heavy (non-hydrogen) atoms. The van der Waals surface area contributed by atoms with Crippen LogP contribution in [0.15, 0.2) is 36.7 Å². The molecule has 1 aromatic heterocycles. The van der Waals surface area contributed by atoms with Gasteiger partial charge in [-0.15, -0.1) is 0 Å². The minimum absolute atomic E-state index is 0.0517. The molecule has 174 valence electrons. The number of aromatic nitrogens is 1. The van der Waals surface area contributed by atoms with Crippen LogP contribution in [0.4, 0.5) is 29.7 Å². The zero-order chi connectivity index (χ0) is 23.7. The molecule has 1 atom stereocenters. The summed E-state index contributed by atoms with van der Waals surface area (Å²) in [6.45, 7) is 1.48. The van der Waals surface area contributed by atoms with Crippen molar-refractivity contribution in [3.05, 3.63) is 53.9 Å². The first-order valence-electron chi connectivity index (χ1n) is 10.1. The van der Waals surface area contributed by atoms with Gasteiger partial charge in [0, 0.05) is 39.4 Å². The molecule has 0 aliphatic carbocycles. The lowest BCUT2D eigenvalue weighted by Crippen LogP contribution is -2.49. The smallest absolute Gasteiger partial charge is 0.416 e. The number of likely N-dealkylation sites (N-methyl/N-ethyl adjacent to an activating group) is 1. The highest BCUT2D eigenvalue weighted by Gasteiger charge is 2.36. The number of halogens is 2. The van der Waals surface area contributed by atoms with Gasteiger partial charge in [0.25, 0.3) is 11.1 Å². The number of benzene rings is 1. The number of ether oxygens (including phenoxy) is 1. The summed E-state index contributed by atoms with van der Waals surface area (Å²) in [5.41, 5.74) is 0.807. The largest absolute Gasteiger partial charge is 0.423 e. The van der Waals surface area contributed by atoms with Crippen LogP contribution in [0.3, 0.4) is 0 Å². The zero-order valence-electron chi connectivity index (χ0n) is 17.6. The van der Waals surface area contributed by atoms with Crippen LogP contribution < -0.4 is 9.80 Å². The molecule has 0 N–H and O–H groups in total. The number of anilines is 2. The van der Waals surface area contributed by atoms with E-state index in [9.17, 15) is 23.2 Å². The Balaban J connectivity index is 1.41. The van der Waals surface area contributed by atoms with E-state index in [0.29, 0.717) is 37.6 Å². The Morgan fingerprint density at radius 3 is 2.52 bits per heavy atom. The number of amides is 3. The summed E-state index contributed by atoms with van der Waals surface area (Å²) < 4.78 is 33.4. The number of carbonyl (C=O) groups excluding carboxylic acids is 3. The number of thiol groups is 1. The first-order chi connectivity index (χ1) is 15.7. The summed E-state index contributed by atoms with van der Waals surface area (Å²) in [5, 5.41) is -0.553. The minimum Gasteiger partial charge on any atom is -0.423 e. The highest BCUT2D eigenvalue weighted by Crippen LogP contribution is 2.29. The SMILES string of the molecule is CN(C(=O)S)C1CN(c2ccc(N3CCN(C(=O)c4cncc(F)c4)CC3)c(F)c2)C(=O)O1. The Morgan fingerprint density at radius 2 is 1.88 bits per heavy atom. The van der Waals surface area contributed by atoms with Crippen molar-refractivity contribution >= 4 is 41.2 Å². The van der Waals surface area contributed by atoms with Gasteiger partial charge in [-0.05, 0) is 24.3 Å². The van der Waals surface area contributed by atoms with E-state index < -0.39 is 29.2 Å². The first-order valence-corrected chi connectivity index (χ1v) is 10.6. The topological polar surface area (TPSA) is 86.3 Å². The van der Waals surface area contributed by atoms with Crippen LogP contribution in [0, 0.1) is 11.6 Å². The Labute approximate surface area is 193 Å². The Kier molecular flexibility index (Phi) is 6.36. The summed E-state index contributed by atoms with van der Waals surface area (Å²) in [4.78, 5) is 45.6. The predicted octanol–water partition coefficient (Wildman–Crippen LogP) is 2.59. The maximum atomic E-state index is 14.9. The van der Waals surface area contributed by atoms with Gasteiger partial charge < -0.3 is 14.5 Å². The van der Waals surface area contributed by atoms with Gasteiger partial charge in [-0.3, -0.25) is 24.4 Å². The van der Waals surface area contributed by atoms with Gasteiger partial charge in [0.05, 0.1) is 29.7 Å². The molecule has 0 spiro atoms. The number of cyclic esters (lactones) is 1. The predicted molar refractivity (Wildman–Crippen MR) is 118 cm³/mol. The molecule has 2 aromatic rings. The molecule has 3 amide bonds. The van der Waals surface area contributed by atoms with Crippen LogP contribution >= 0.6 is 12.6 Å². The Hall–Kier alpha value is -3.41. The van der Waals surface area contributed by atoms with E-state index in [1.165, 1.54) is 29.1 Å². The van der Waals surface area contributed by atoms with Crippen LogP contribution in [-0.2, 0) is 4.74 Å². The van der Waals surface area contributed by atoms with Crippen molar-refractivity contribution in [2.24, 2.45) is 0 Å². The van der Waals surface area contributed by atoms with Gasteiger partial charge in [0.15, 0.2) is 6.23 Å². The van der Waals surface area contributed by atoms with E-state index in [0.717, 1.165) is 12.3 Å². The second-order valence-corrected chi connectivity index (χ2v) is 8.03. The minimum atomic E-state index is -0.816. The summed E-state index contributed by atoms with van der Waals surface area (Å²) in [7, 11) is 1.45. The number of rotatable bonds is 4. The van der Waals surface area contributed by atoms with Crippen molar-refractivity contribution in [1.29, 1.82) is 0 Å². The molecule has 1 unspecified atom stereocenters. The van der Waals surface area contributed by atoms with Gasteiger partial charge in [-0.2, -0.15) is 0 Å². The van der Waals surface area contributed by atoms with E-state index in [2.05, 4.69) is 17.6 Å². The van der Waals surface area contributed by atoms with Gasteiger partial charge in [0.1, 0.15) is 11.6 Å². The molecular formula is C21H21F2N5O4S. The molecule has 0 radical (unpaired) electrons. The average Bonchev–Trinajstić information content (AvgIpc) is 3.19. The second kappa shape index (κ2) is 9.22. The van der Waals surface area contributed by atoms with Crippen molar-refractivity contribution in [3.8, 4) is 0 Å². The summed E-state index contributed by atoms with van der Waals surface area (Å²) >= 11 is 3.71. The van der Waals surface area contributed by atoms with Gasteiger partial charge >= 0.3 is 6.09 Å². The molecule has 2 saturated heterocycles. The molecule has 1 aromatic carbocycles. The molecule has 2 fully saturated rings. The summed E-state index contributed by atoms with van der Waals surface area (Å²) in [6.07, 6.45) is 0.840. The molecule has 2 aliphatic rings. The lowest BCUT2D eigenvalue weighted by molar-refractivity contribution is 0.0669. The zero-order valence-corrected chi connectivity index (χ0v) is 18.5. The quantitative estimate of drug-likeness (QED) is 0.682. The third-order valence-corrected chi connectivity index (χ3v) is 5.95. The fraction of sp³-hybridized carbons (Fsp3) is 0.333. The first kappa shape index (κ1) is 22.8. The molecule has 12 heteroatoms. The van der Waals surface area contributed by atoms with Crippen LogP contribution in [0.2, 0.25) is 0 Å². The highest BCUT2D eigenvalue weighted by atomic mass is 32.1. The van der Waals surface area contributed by atoms with Gasteiger partial charge in [-0.1, -0.05) is 12.6 Å². The molecular weight excluding hydrogens is 456 g/mol. The molecule has 0 saturated carbocycles. The Morgan fingerprint density at radius 1 is 1.15 bits per heavy atom. The number of carbonyl (C=O) groups is 3. The Bertz CT molecular complexity index is 1100. The molecule has 2 aliphatic heterocycles. The van der Waals surface area contributed by atoms with E-state index in [1.807, 2.05) is 0 Å². The van der Waals surface area contributed by atoms with Crippen molar-refractivity contribution in [2.75, 3.05) is 49.6 Å². The normalized spacial score (nSPS) is 18.4. The molecule has 9 nitrogen and oxygen atoms in total. The molecule has 0 bridgehead atoms. The number of hydrogen-bond donors (Lipinski definition) is 1. The third-order valence-electron chi connectivity index (χ3n) is 5.63. The van der Waals surface area contributed by atoms with Gasteiger partial charge in [0.2, 0.25) is 0 Å². The fourth-order valence-corrected chi connectivity index (χ4v) is 3.89. The van der Waals surface area contributed by atoms with Gasteiger partial charge in [-0.25, -0.2) is 13.6 Å². The maximum Gasteiger partial charge on any atom is 0.416 e. The number of piperazine rings is 1. The number of nitrogens with zero attached hydrogens (tertiary/aromatic N) is 5. The van der Waals surface area contributed by atoms with Crippen molar-refractivity contribution in [3.63, 3.8) is 0 Å². The van der Waals surface area contributed by atoms with E-state index in [-0.39, 0.29) is 18.0 Å². The highest BCUT2D eigenvalue weighted by molar-refractivity contribution is 7.96. The number of pyridine rings is 1.